The summed E-state index contributed by atoms with van der Waals surface area (Å²) in [6.07, 6.45) is 3.01. The maximum Gasteiger partial charge on any atom is 0.354 e. The molecule has 0 saturated heterocycles. The SMILES string of the molecule is O=C(O)c1ccc(NC(=O)C2(c3ccccc3)CC2)cn1. The molecule has 0 bridgehead atoms. The van der Waals surface area contributed by atoms with Crippen molar-refractivity contribution in [1.82, 2.24) is 4.98 Å². The molecule has 0 atom stereocenters. The highest BCUT2D eigenvalue weighted by Crippen LogP contribution is 2.48. The smallest absolute Gasteiger partial charge is 0.354 e. The van der Waals surface area contributed by atoms with E-state index in [4.69, 9.17) is 5.11 Å². The number of carbonyl (C=O) groups is 2. The maximum atomic E-state index is 12.5. The Morgan fingerprint density at radius 1 is 1.10 bits per heavy atom. The van der Waals surface area contributed by atoms with Gasteiger partial charge in [-0.15, -0.1) is 0 Å². The standard InChI is InChI=1S/C16H14N2O3/c19-14(20)13-7-6-12(10-17-13)18-15(21)16(8-9-16)11-4-2-1-3-5-11/h1-7,10H,8-9H2,(H,18,21)(H,19,20). The van der Waals surface area contributed by atoms with Gasteiger partial charge in [-0.3, -0.25) is 4.79 Å². The zero-order chi connectivity index (χ0) is 14.9. The molecule has 106 valence electrons. The molecule has 0 spiro atoms. The van der Waals surface area contributed by atoms with Gasteiger partial charge in [0.25, 0.3) is 0 Å². The van der Waals surface area contributed by atoms with Gasteiger partial charge in [-0.2, -0.15) is 0 Å². The molecule has 5 nitrogen and oxygen atoms in total. The lowest BCUT2D eigenvalue weighted by atomic mass is 9.95. The number of aromatic carboxylic acids is 1. The van der Waals surface area contributed by atoms with Crippen LogP contribution in [0.3, 0.4) is 0 Å². The van der Waals surface area contributed by atoms with Crippen molar-refractivity contribution in [2.45, 2.75) is 18.3 Å². The van der Waals surface area contributed by atoms with Crippen LogP contribution in [0.5, 0.6) is 0 Å². The number of hydrogen-bond acceptors (Lipinski definition) is 3. The predicted molar refractivity (Wildman–Crippen MR) is 77.2 cm³/mol. The maximum absolute atomic E-state index is 12.5. The molecule has 5 heteroatoms. The molecular weight excluding hydrogens is 268 g/mol. The largest absolute Gasteiger partial charge is 0.477 e. The van der Waals surface area contributed by atoms with E-state index in [-0.39, 0.29) is 11.6 Å². The number of anilines is 1. The van der Waals surface area contributed by atoms with Crippen LogP contribution in [0.25, 0.3) is 0 Å². The summed E-state index contributed by atoms with van der Waals surface area (Å²) in [5.41, 5.74) is 1.02. The predicted octanol–water partition coefficient (Wildman–Crippen LogP) is 2.45. The Morgan fingerprint density at radius 2 is 1.81 bits per heavy atom. The summed E-state index contributed by atoms with van der Waals surface area (Å²) in [6.45, 7) is 0. The molecule has 1 saturated carbocycles. The van der Waals surface area contributed by atoms with Gasteiger partial charge in [0.2, 0.25) is 5.91 Å². The fraction of sp³-hybridized carbons (Fsp3) is 0.188. The number of carboxylic acids is 1. The lowest BCUT2D eigenvalue weighted by Gasteiger charge is -2.15. The van der Waals surface area contributed by atoms with Gasteiger partial charge in [-0.25, -0.2) is 9.78 Å². The Bertz CT molecular complexity index is 676. The Hall–Kier alpha value is -2.69. The quantitative estimate of drug-likeness (QED) is 0.902. The normalized spacial score (nSPS) is 15.2. The number of benzene rings is 1. The molecule has 2 aromatic rings. The van der Waals surface area contributed by atoms with Crippen LogP contribution in [0, 0.1) is 0 Å². The van der Waals surface area contributed by atoms with Crippen LogP contribution in [0.2, 0.25) is 0 Å². The summed E-state index contributed by atoms with van der Waals surface area (Å²) >= 11 is 0. The fourth-order valence-corrected chi connectivity index (χ4v) is 2.37. The second-order valence-corrected chi connectivity index (χ2v) is 5.14. The number of carboxylic acid groups (broad SMARTS) is 1. The van der Waals surface area contributed by atoms with E-state index in [0.717, 1.165) is 18.4 Å². The van der Waals surface area contributed by atoms with Crippen molar-refractivity contribution in [3.05, 3.63) is 59.9 Å². The molecule has 1 aromatic carbocycles. The molecule has 21 heavy (non-hydrogen) atoms. The van der Waals surface area contributed by atoms with Gasteiger partial charge in [-0.1, -0.05) is 30.3 Å². The summed E-state index contributed by atoms with van der Waals surface area (Å²) in [6, 6.07) is 12.6. The van der Waals surface area contributed by atoms with E-state index in [9.17, 15) is 9.59 Å². The number of nitrogens with zero attached hydrogens (tertiary/aromatic N) is 1. The third-order valence-electron chi connectivity index (χ3n) is 3.75. The second kappa shape index (κ2) is 5.01. The van der Waals surface area contributed by atoms with E-state index in [0.29, 0.717) is 5.69 Å². The zero-order valence-corrected chi connectivity index (χ0v) is 11.2. The van der Waals surface area contributed by atoms with Gasteiger partial charge >= 0.3 is 5.97 Å². The van der Waals surface area contributed by atoms with Crippen LogP contribution in [0.1, 0.15) is 28.9 Å². The lowest BCUT2D eigenvalue weighted by Crippen LogP contribution is -2.27. The van der Waals surface area contributed by atoms with Crippen LogP contribution in [0.4, 0.5) is 5.69 Å². The minimum absolute atomic E-state index is 0.0443. The average Bonchev–Trinajstić information content (AvgIpc) is 3.30. The highest BCUT2D eigenvalue weighted by atomic mass is 16.4. The summed E-state index contributed by atoms with van der Waals surface area (Å²) < 4.78 is 0. The highest BCUT2D eigenvalue weighted by Gasteiger charge is 2.51. The third kappa shape index (κ3) is 2.50. The first-order valence-corrected chi connectivity index (χ1v) is 6.68. The van der Waals surface area contributed by atoms with Gasteiger partial charge in [0.05, 0.1) is 17.3 Å². The van der Waals surface area contributed by atoms with Gasteiger partial charge in [0.1, 0.15) is 5.69 Å². The second-order valence-electron chi connectivity index (χ2n) is 5.14. The molecule has 0 unspecified atom stereocenters. The van der Waals surface area contributed by atoms with Crippen LogP contribution in [-0.2, 0) is 10.2 Å². The van der Waals surface area contributed by atoms with E-state index in [2.05, 4.69) is 10.3 Å². The van der Waals surface area contributed by atoms with Crippen molar-refractivity contribution in [2.75, 3.05) is 5.32 Å². The molecule has 1 amide bonds. The monoisotopic (exact) mass is 282 g/mol. The number of rotatable bonds is 4. The van der Waals surface area contributed by atoms with Crippen molar-refractivity contribution in [2.24, 2.45) is 0 Å². The molecule has 0 radical (unpaired) electrons. The van der Waals surface area contributed by atoms with E-state index >= 15 is 0 Å². The Kier molecular flexibility index (Phi) is 3.17. The van der Waals surface area contributed by atoms with Crippen molar-refractivity contribution in [3.8, 4) is 0 Å². The highest BCUT2D eigenvalue weighted by molar-refractivity contribution is 6.01. The molecule has 1 heterocycles. The van der Waals surface area contributed by atoms with Crippen molar-refractivity contribution in [3.63, 3.8) is 0 Å². The van der Waals surface area contributed by atoms with Crippen molar-refractivity contribution in [1.29, 1.82) is 0 Å². The molecule has 3 rings (SSSR count). The molecule has 1 aliphatic rings. The van der Waals surface area contributed by atoms with Gasteiger partial charge in [-0.05, 0) is 30.5 Å². The van der Waals surface area contributed by atoms with Gasteiger partial charge in [0, 0.05) is 0 Å². The van der Waals surface area contributed by atoms with Crippen LogP contribution in [-0.4, -0.2) is 22.0 Å². The number of aromatic nitrogens is 1. The topological polar surface area (TPSA) is 79.3 Å². The first kappa shape index (κ1) is 13.3. The Morgan fingerprint density at radius 3 is 2.33 bits per heavy atom. The Labute approximate surface area is 121 Å². The number of pyridine rings is 1. The first-order valence-electron chi connectivity index (χ1n) is 6.68. The lowest BCUT2D eigenvalue weighted by molar-refractivity contribution is -0.118. The van der Waals surface area contributed by atoms with Crippen molar-refractivity contribution >= 4 is 17.6 Å². The number of carbonyl (C=O) groups excluding carboxylic acids is 1. The summed E-state index contributed by atoms with van der Waals surface area (Å²) in [5.74, 6) is -1.16. The molecule has 2 N–H and O–H groups in total. The zero-order valence-electron chi connectivity index (χ0n) is 11.2. The number of nitrogens with one attached hydrogen (secondary N) is 1. The molecular formula is C16H14N2O3. The average molecular weight is 282 g/mol. The molecule has 0 aliphatic heterocycles. The first-order chi connectivity index (χ1) is 10.1. The summed E-state index contributed by atoms with van der Waals surface area (Å²) in [7, 11) is 0. The summed E-state index contributed by atoms with van der Waals surface area (Å²) in [5, 5.41) is 11.6. The van der Waals surface area contributed by atoms with Gasteiger partial charge < -0.3 is 10.4 Å². The minimum Gasteiger partial charge on any atom is -0.477 e. The van der Waals surface area contributed by atoms with E-state index in [1.54, 1.807) is 6.07 Å². The van der Waals surface area contributed by atoms with E-state index in [1.807, 2.05) is 30.3 Å². The number of amides is 1. The Balaban J connectivity index is 1.76. The molecule has 1 aromatic heterocycles. The summed E-state index contributed by atoms with van der Waals surface area (Å²) in [4.78, 5) is 27.0. The van der Waals surface area contributed by atoms with Crippen molar-refractivity contribution < 1.29 is 14.7 Å². The minimum atomic E-state index is -1.09. The third-order valence-corrected chi connectivity index (χ3v) is 3.75. The van der Waals surface area contributed by atoms with E-state index < -0.39 is 11.4 Å². The van der Waals surface area contributed by atoms with Crippen LogP contribution in [0.15, 0.2) is 48.7 Å². The van der Waals surface area contributed by atoms with Gasteiger partial charge in [0.15, 0.2) is 0 Å². The fourth-order valence-electron chi connectivity index (χ4n) is 2.37. The molecule has 1 fully saturated rings. The van der Waals surface area contributed by atoms with Crippen LogP contribution < -0.4 is 5.32 Å². The number of hydrogen-bond donors (Lipinski definition) is 2. The van der Waals surface area contributed by atoms with Crippen LogP contribution >= 0.6 is 0 Å². The van der Waals surface area contributed by atoms with E-state index in [1.165, 1.54) is 12.3 Å². The molecule has 1 aliphatic carbocycles.